The molecule has 0 saturated carbocycles. The lowest BCUT2D eigenvalue weighted by Crippen LogP contribution is -2.27. The van der Waals surface area contributed by atoms with Gasteiger partial charge >= 0.3 is 5.69 Å². The van der Waals surface area contributed by atoms with Crippen molar-refractivity contribution in [2.75, 3.05) is 24.4 Å². The molecular weight excluding hydrogens is 229 g/mol. The highest BCUT2D eigenvalue weighted by Crippen LogP contribution is 2.54. The van der Waals surface area contributed by atoms with Crippen LogP contribution in [0.25, 0.3) is 0 Å². The number of rotatable bonds is 2. The number of aromatic nitrogens is 2. The van der Waals surface area contributed by atoms with E-state index in [0.29, 0.717) is 18.7 Å². The van der Waals surface area contributed by atoms with E-state index in [-0.39, 0.29) is 18.2 Å². The molecule has 88 valence electrons. The first-order valence-corrected chi connectivity index (χ1v) is 7.33. The predicted octanol–water partition coefficient (Wildman–Crippen LogP) is 0.0832. The van der Waals surface area contributed by atoms with Gasteiger partial charge in [0.15, 0.2) is 0 Å². The second-order valence-corrected chi connectivity index (χ2v) is 7.30. The Hall–Kier alpha value is -1.13. The van der Waals surface area contributed by atoms with Crippen LogP contribution in [0.2, 0.25) is 0 Å². The molecule has 1 aliphatic heterocycles. The van der Waals surface area contributed by atoms with E-state index in [1.54, 1.807) is 12.3 Å². The molecule has 0 aliphatic carbocycles. The normalized spacial score (nSPS) is 29.4. The summed E-state index contributed by atoms with van der Waals surface area (Å²) in [6.07, 6.45) is 2.80. The third kappa shape index (κ3) is 2.03. The van der Waals surface area contributed by atoms with Crippen molar-refractivity contribution in [2.45, 2.75) is 12.5 Å². The standard InChI is InChI=1S/C9H14N3O3P/c10-8-1-3-12(9(14)11-8)7-2-4-16(15,5-7)6-13/h1,3,7,13H,2,4-6H2,(H2,10,11,14)/t7-,16?/m0/s1. The minimum atomic E-state index is -2.47. The van der Waals surface area contributed by atoms with Crippen molar-refractivity contribution in [3.8, 4) is 0 Å². The third-order valence-electron chi connectivity index (χ3n) is 2.92. The highest BCUT2D eigenvalue weighted by Gasteiger charge is 2.34. The fourth-order valence-corrected chi connectivity index (χ4v) is 4.34. The van der Waals surface area contributed by atoms with Gasteiger partial charge in [0.1, 0.15) is 13.0 Å². The van der Waals surface area contributed by atoms with Gasteiger partial charge in [0.25, 0.3) is 0 Å². The molecule has 1 aromatic rings. The van der Waals surface area contributed by atoms with Crippen LogP contribution in [0.5, 0.6) is 0 Å². The topological polar surface area (TPSA) is 98.2 Å². The van der Waals surface area contributed by atoms with Crippen LogP contribution in [-0.4, -0.2) is 33.3 Å². The number of aliphatic hydroxyl groups is 1. The van der Waals surface area contributed by atoms with Gasteiger partial charge in [0.2, 0.25) is 0 Å². The van der Waals surface area contributed by atoms with Gasteiger partial charge in [-0.1, -0.05) is 0 Å². The Morgan fingerprint density at radius 1 is 1.69 bits per heavy atom. The summed E-state index contributed by atoms with van der Waals surface area (Å²) in [5.74, 6) is 0.185. The maximum Gasteiger partial charge on any atom is 0.349 e. The maximum absolute atomic E-state index is 11.9. The van der Waals surface area contributed by atoms with Crippen molar-refractivity contribution in [3.05, 3.63) is 22.7 Å². The molecule has 7 heteroatoms. The Morgan fingerprint density at radius 2 is 2.44 bits per heavy atom. The molecule has 1 fully saturated rings. The van der Waals surface area contributed by atoms with E-state index < -0.39 is 12.8 Å². The smallest absolute Gasteiger partial charge is 0.349 e. The van der Waals surface area contributed by atoms with E-state index in [1.165, 1.54) is 4.57 Å². The Labute approximate surface area is 92.5 Å². The zero-order valence-electron chi connectivity index (χ0n) is 8.74. The largest absolute Gasteiger partial charge is 0.389 e. The molecule has 1 aromatic heterocycles. The first-order valence-electron chi connectivity index (χ1n) is 5.07. The lowest BCUT2D eigenvalue weighted by molar-refractivity contribution is 0.358. The lowest BCUT2D eigenvalue weighted by atomic mass is 10.2. The molecule has 0 bridgehead atoms. The zero-order valence-corrected chi connectivity index (χ0v) is 9.64. The van der Waals surface area contributed by atoms with Gasteiger partial charge < -0.3 is 15.4 Å². The summed E-state index contributed by atoms with van der Waals surface area (Å²) in [4.78, 5) is 15.2. The van der Waals surface area contributed by atoms with Crippen molar-refractivity contribution in [1.29, 1.82) is 0 Å². The van der Waals surface area contributed by atoms with Crippen LogP contribution in [0.1, 0.15) is 12.5 Å². The van der Waals surface area contributed by atoms with E-state index in [1.807, 2.05) is 0 Å². The second-order valence-electron chi connectivity index (χ2n) is 4.09. The van der Waals surface area contributed by atoms with Crippen molar-refractivity contribution >= 4 is 13.0 Å². The molecule has 3 N–H and O–H groups in total. The van der Waals surface area contributed by atoms with Crippen molar-refractivity contribution in [2.24, 2.45) is 0 Å². The van der Waals surface area contributed by atoms with Gasteiger partial charge in [-0.2, -0.15) is 4.98 Å². The van der Waals surface area contributed by atoms with Gasteiger partial charge in [0.05, 0.1) is 6.35 Å². The molecule has 2 heterocycles. The quantitative estimate of drug-likeness (QED) is 0.717. The highest BCUT2D eigenvalue weighted by molar-refractivity contribution is 7.64. The Kier molecular flexibility index (Phi) is 2.86. The molecule has 0 aromatic carbocycles. The highest BCUT2D eigenvalue weighted by atomic mass is 31.2. The van der Waals surface area contributed by atoms with E-state index in [4.69, 9.17) is 10.8 Å². The molecular formula is C9H14N3O3P. The van der Waals surface area contributed by atoms with E-state index in [0.717, 1.165) is 0 Å². The van der Waals surface area contributed by atoms with Gasteiger partial charge in [-0.3, -0.25) is 4.57 Å². The fraction of sp³-hybridized carbons (Fsp3) is 0.556. The van der Waals surface area contributed by atoms with Gasteiger partial charge in [0, 0.05) is 24.6 Å². The molecule has 6 nitrogen and oxygen atoms in total. The van der Waals surface area contributed by atoms with Crippen LogP contribution in [0.15, 0.2) is 17.1 Å². The predicted molar refractivity (Wildman–Crippen MR) is 61.0 cm³/mol. The van der Waals surface area contributed by atoms with Crippen LogP contribution >= 0.6 is 7.14 Å². The van der Waals surface area contributed by atoms with E-state index in [9.17, 15) is 9.36 Å². The molecule has 0 spiro atoms. The number of hydrogen-bond acceptors (Lipinski definition) is 5. The van der Waals surface area contributed by atoms with Crippen LogP contribution in [-0.2, 0) is 4.57 Å². The molecule has 2 atom stereocenters. The average Bonchev–Trinajstić information content (AvgIpc) is 2.62. The number of nitrogens with two attached hydrogens (primary N) is 1. The summed E-state index contributed by atoms with van der Waals surface area (Å²) in [6.45, 7) is 0. The second kappa shape index (κ2) is 4.03. The number of anilines is 1. The monoisotopic (exact) mass is 243 g/mol. The maximum atomic E-state index is 11.9. The summed E-state index contributed by atoms with van der Waals surface area (Å²) in [6, 6.07) is 1.42. The number of nitrogen functional groups attached to an aromatic ring is 1. The minimum absolute atomic E-state index is 0.126. The summed E-state index contributed by atoms with van der Waals surface area (Å²) in [7, 11) is -2.47. The number of hydrogen-bond donors (Lipinski definition) is 2. The molecule has 16 heavy (non-hydrogen) atoms. The number of aliphatic hydroxyl groups excluding tert-OH is 1. The summed E-state index contributed by atoms with van der Waals surface area (Å²) >= 11 is 0. The van der Waals surface area contributed by atoms with Gasteiger partial charge in [-0.25, -0.2) is 4.79 Å². The Balaban J connectivity index is 2.28. The minimum Gasteiger partial charge on any atom is -0.389 e. The van der Waals surface area contributed by atoms with Crippen LogP contribution in [0.3, 0.4) is 0 Å². The van der Waals surface area contributed by atoms with Crippen molar-refractivity contribution < 1.29 is 9.67 Å². The van der Waals surface area contributed by atoms with E-state index >= 15 is 0 Å². The molecule has 1 unspecified atom stereocenters. The molecule has 0 amide bonds. The Bertz CT molecular complexity index is 499. The summed E-state index contributed by atoms with van der Waals surface area (Å²) in [5.41, 5.74) is 4.97. The van der Waals surface area contributed by atoms with Crippen LogP contribution in [0, 0.1) is 0 Å². The Morgan fingerprint density at radius 3 is 3.00 bits per heavy atom. The molecule has 0 radical (unpaired) electrons. The number of nitrogens with zero attached hydrogens (tertiary/aromatic N) is 2. The fourth-order valence-electron chi connectivity index (χ4n) is 2.01. The van der Waals surface area contributed by atoms with Crippen LogP contribution in [0.4, 0.5) is 5.82 Å². The van der Waals surface area contributed by atoms with Crippen molar-refractivity contribution in [1.82, 2.24) is 9.55 Å². The first kappa shape index (κ1) is 11.4. The molecule has 1 aliphatic rings. The van der Waals surface area contributed by atoms with Gasteiger partial charge in [-0.05, 0) is 12.5 Å². The molecule has 1 saturated heterocycles. The van der Waals surface area contributed by atoms with Crippen molar-refractivity contribution in [3.63, 3.8) is 0 Å². The summed E-state index contributed by atoms with van der Waals surface area (Å²) in [5, 5.41) is 9.02. The van der Waals surface area contributed by atoms with Crippen LogP contribution < -0.4 is 11.4 Å². The average molecular weight is 243 g/mol. The lowest BCUT2D eigenvalue weighted by Gasteiger charge is -2.12. The first-order chi connectivity index (χ1) is 7.54. The third-order valence-corrected chi connectivity index (χ3v) is 5.59. The molecule has 2 rings (SSSR count). The SMILES string of the molecule is Nc1ccn([C@H]2CCP(=O)(CO)C2)c(=O)n1. The summed E-state index contributed by atoms with van der Waals surface area (Å²) < 4.78 is 13.4. The zero-order chi connectivity index (χ0) is 11.8. The van der Waals surface area contributed by atoms with E-state index in [2.05, 4.69) is 4.98 Å². The van der Waals surface area contributed by atoms with Gasteiger partial charge in [-0.15, -0.1) is 0 Å².